The van der Waals surface area contributed by atoms with Crippen molar-refractivity contribution in [2.45, 2.75) is 26.4 Å². The lowest BCUT2D eigenvalue weighted by atomic mass is 10.1. The van der Waals surface area contributed by atoms with Gasteiger partial charge in [-0.05, 0) is 20.8 Å². The van der Waals surface area contributed by atoms with E-state index in [1.54, 1.807) is 17.0 Å². The van der Waals surface area contributed by atoms with Gasteiger partial charge in [-0.25, -0.2) is 4.79 Å². The summed E-state index contributed by atoms with van der Waals surface area (Å²) in [6, 6.07) is 9.36. The number of carbonyl (C=O) groups is 2. The van der Waals surface area contributed by atoms with Crippen LogP contribution in [0.4, 0.5) is 10.8 Å². The number of hydrogen-bond donors (Lipinski definition) is 0. The zero-order valence-electron chi connectivity index (χ0n) is 15.3. The maximum atomic E-state index is 12.4. The maximum absolute atomic E-state index is 12.4. The average molecular weight is 357 g/mol. The van der Waals surface area contributed by atoms with E-state index < -0.39 is 5.60 Å². The highest BCUT2D eigenvalue weighted by Crippen LogP contribution is 2.19. The van der Waals surface area contributed by atoms with Gasteiger partial charge in [0, 0.05) is 31.7 Å². The van der Waals surface area contributed by atoms with Gasteiger partial charge in [-0.3, -0.25) is 4.79 Å². The number of oxazole rings is 1. The number of aromatic nitrogens is 1. The first kappa shape index (κ1) is 18.0. The highest BCUT2D eigenvalue weighted by atomic mass is 16.6. The van der Waals surface area contributed by atoms with Crippen molar-refractivity contribution in [3.05, 3.63) is 47.9 Å². The Hall–Kier alpha value is -2.83. The van der Waals surface area contributed by atoms with Crippen LogP contribution >= 0.6 is 0 Å². The molecular formula is C19H23N3O4. The Labute approximate surface area is 152 Å². The monoisotopic (exact) mass is 357 g/mol. The molecule has 0 spiro atoms. The summed E-state index contributed by atoms with van der Waals surface area (Å²) in [5.74, 6) is -0.173. The number of piperazine rings is 1. The molecule has 1 saturated heterocycles. The molecule has 0 N–H and O–H groups in total. The van der Waals surface area contributed by atoms with Crippen LogP contribution in [0.25, 0.3) is 0 Å². The van der Waals surface area contributed by atoms with Gasteiger partial charge in [-0.15, -0.1) is 0 Å². The van der Waals surface area contributed by atoms with Crippen LogP contribution in [0.15, 0.2) is 41.0 Å². The summed E-state index contributed by atoms with van der Waals surface area (Å²) in [6.45, 7) is 7.70. The smallest absolute Gasteiger partial charge is 0.410 e. The van der Waals surface area contributed by atoms with Crippen molar-refractivity contribution in [2.24, 2.45) is 0 Å². The van der Waals surface area contributed by atoms with E-state index in [0.29, 0.717) is 37.8 Å². The second-order valence-electron chi connectivity index (χ2n) is 7.16. The van der Waals surface area contributed by atoms with E-state index in [1.807, 2.05) is 43.9 Å². The first-order valence-electron chi connectivity index (χ1n) is 8.62. The van der Waals surface area contributed by atoms with Gasteiger partial charge in [-0.2, -0.15) is 4.98 Å². The van der Waals surface area contributed by atoms with E-state index in [1.165, 1.54) is 6.26 Å². The molecule has 1 aliphatic rings. The Bertz CT molecular complexity index is 772. The van der Waals surface area contributed by atoms with Gasteiger partial charge in [0.1, 0.15) is 11.9 Å². The van der Waals surface area contributed by atoms with Crippen molar-refractivity contribution in [1.29, 1.82) is 0 Å². The molecule has 1 amide bonds. The summed E-state index contributed by atoms with van der Waals surface area (Å²) < 4.78 is 10.9. The molecule has 1 aromatic carbocycles. The fraction of sp³-hybridized carbons (Fsp3) is 0.421. The minimum atomic E-state index is -0.510. The molecule has 0 atom stereocenters. The molecule has 1 fully saturated rings. The van der Waals surface area contributed by atoms with Gasteiger partial charge in [0.2, 0.25) is 5.78 Å². The number of hydrogen-bond acceptors (Lipinski definition) is 6. The zero-order valence-corrected chi connectivity index (χ0v) is 15.3. The lowest BCUT2D eigenvalue weighted by molar-refractivity contribution is 0.0239. The maximum Gasteiger partial charge on any atom is 0.410 e. The Kier molecular flexibility index (Phi) is 4.97. The van der Waals surface area contributed by atoms with Crippen LogP contribution in [0.3, 0.4) is 0 Å². The first-order valence-corrected chi connectivity index (χ1v) is 8.62. The van der Waals surface area contributed by atoms with Crippen molar-refractivity contribution >= 4 is 17.9 Å². The molecule has 7 heteroatoms. The predicted molar refractivity (Wildman–Crippen MR) is 96.4 cm³/mol. The number of rotatable bonds is 3. The summed E-state index contributed by atoms with van der Waals surface area (Å²) in [4.78, 5) is 32.4. The molecule has 0 unspecified atom stereocenters. The van der Waals surface area contributed by atoms with Gasteiger partial charge in [0.25, 0.3) is 6.01 Å². The number of anilines is 1. The summed E-state index contributed by atoms with van der Waals surface area (Å²) in [6.07, 6.45) is 1.06. The van der Waals surface area contributed by atoms with Crippen LogP contribution in [0.5, 0.6) is 0 Å². The minimum Gasteiger partial charge on any atom is -0.444 e. The first-order chi connectivity index (χ1) is 12.3. The SMILES string of the molecule is CC(C)(C)OC(=O)N1CCN(c2nc(C(=O)c3ccccc3)co2)CC1. The molecule has 2 aromatic rings. The van der Waals surface area contributed by atoms with Gasteiger partial charge >= 0.3 is 6.09 Å². The van der Waals surface area contributed by atoms with Gasteiger partial charge < -0.3 is 19.0 Å². The summed E-state index contributed by atoms with van der Waals surface area (Å²) >= 11 is 0. The molecule has 138 valence electrons. The lowest BCUT2D eigenvalue weighted by Gasteiger charge is -2.34. The van der Waals surface area contributed by atoms with Crippen LogP contribution in [-0.4, -0.2) is 53.5 Å². The van der Waals surface area contributed by atoms with Crippen molar-refractivity contribution in [1.82, 2.24) is 9.88 Å². The topological polar surface area (TPSA) is 75.9 Å². The van der Waals surface area contributed by atoms with Crippen LogP contribution in [0.2, 0.25) is 0 Å². The highest BCUT2D eigenvalue weighted by Gasteiger charge is 2.28. The fourth-order valence-electron chi connectivity index (χ4n) is 2.66. The third-order valence-corrected chi connectivity index (χ3v) is 3.96. The molecule has 7 nitrogen and oxygen atoms in total. The molecule has 1 aliphatic heterocycles. The number of carbonyl (C=O) groups excluding carboxylic acids is 2. The van der Waals surface area contributed by atoms with E-state index >= 15 is 0 Å². The lowest BCUT2D eigenvalue weighted by Crippen LogP contribution is -2.50. The number of ether oxygens (including phenoxy) is 1. The molecule has 0 radical (unpaired) electrons. The third kappa shape index (κ3) is 4.22. The number of amides is 1. The van der Waals surface area contributed by atoms with Crippen LogP contribution in [-0.2, 0) is 4.74 Å². The Morgan fingerprint density at radius 3 is 2.35 bits per heavy atom. The van der Waals surface area contributed by atoms with E-state index in [9.17, 15) is 9.59 Å². The highest BCUT2D eigenvalue weighted by molar-refractivity contribution is 6.07. The molecule has 0 saturated carbocycles. The Morgan fingerprint density at radius 2 is 1.73 bits per heavy atom. The number of nitrogens with zero attached hydrogens (tertiary/aromatic N) is 3. The van der Waals surface area contributed by atoms with Crippen molar-refractivity contribution in [3.63, 3.8) is 0 Å². The van der Waals surface area contributed by atoms with Crippen molar-refractivity contribution < 1.29 is 18.7 Å². The molecule has 0 bridgehead atoms. The second kappa shape index (κ2) is 7.19. The van der Waals surface area contributed by atoms with Crippen LogP contribution in [0.1, 0.15) is 36.8 Å². The third-order valence-electron chi connectivity index (χ3n) is 3.96. The van der Waals surface area contributed by atoms with E-state index in [4.69, 9.17) is 9.15 Å². The molecule has 2 heterocycles. The molecule has 3 rings (SSSR count). The number of ketones is 1. The van der Waals surface area contributed by atoms with E-state index in [2.05, 4.69) is 4.98 Å². The van der Waals surface area contributed by atoms with Gasteiger partial charge in [0.15, 0.2) is 5.69 Å². The summed E-state index contributed by atoms with van der Waals surface area (Å²) in [5, 5.41) is 0. The van der Waals surface area contributed by atoms with Gasteiger partial charge in [-0.1, -0.05) is 30.3 Å². The quantitative estimate of drug-likeness (QED) is 0.786. The Balaban J connectivity index is 1.60. The molecular weight excluding hydrogens is 334 g/mol. The van der Waals surface area contributed by atoms with Gasteiger partial charge in [0.05, 0.1) is 0 Å². The normalized spacial score (nSPS) is 15.0. The summed E-state index contributed by atoms with van der Waals surface area (Å²) in [7, 11) is 0. The Morgan fingerprint density at radius 1 is 1.08 bits per heavy atom. The zero-order chi connectivity index (χ0) is 18.7. The largest absolute Gasteiger partial charge is 0.444 e. The fourth-order valence-corrected chi connectivity index (χ4v) is 2.66. The standard InChI is InChI=1S/C19H23N3O4/c1-19(2,3)26-18(24)22-11-9-21(10-12-22)17-20-15(13-25-17)16(23)14-7-5-4-6-8-14/h4-8,13H,9-12H2,1-3H3. The van der Waals surface area contributed by atoms with Crippen LogP contribution in [0, 0.1) is 0 Å². The van der Waals surface area contributed by atoms with E-state index in [-0.39, 0.29) is 17.6 Å². The number of benzene rings is 1. The average Bonchev–Trinajstić information content (AvgIpc) is 3.10. The van der Waals surface area contributed by atoms with Crippen LogP contribution < -0.4 is 4.90 Å². The van der Waals surface area contributed by atoms with Crippen molar-refractivity contribution in [2.75, 3.05) is 31.1 Å². The predicted octanol–water partition coefficient (Wildman–Crippen LogP) is 2.96. The minimum absolute atomic E-state index is 0.173. The molecule has 26 heavy (non-hydrogen) atoms. The summed E-state index contributed by atoms with van der Waals surface area (Å²) in [5.41, 5.74) is 0.339. The van der Waals surface area contributed by atoms with Crippen molar-refractivity contribution in [3.8, 4) is 0 Å². The van der Waals surface area contributed by atoms with E-state index in [0.717, 1.165) is 0 Å². The second-order valence-corrected chi connectivity index (χ2v) is 7.16. The molecule has 0 aliphatic carbocycles. The molecule has 1 aromatic heterocycles.